The van der Waals surface area contributed by atoms with Crippen LogP contribution in [0.1, 0.15) is 37.7 Å². The molecule has 2 saturated carbocycles. The van der Waals surface area contributed by atoms with Gasteiger partial charge in [-0.1, -0.05) is 0 Å². The standard InChI is InChI=1S/C13H18N2OS/c14-13(5-1-6-13)12(16)15(11-2-3-11)8-10-4-7-17-9-10/h4,7,9,11H,1-3,5-6,8,14H2. The summed E-state index contributed by atoms with van der Waals surface area (Å²) < 4.78 is 0. The van der Waals surface area contributed by atoms with Gasteiger partial charge >= 0.3 is 0 Å². The van der Waals surface area contributed by atoms with E-state index in [2.05, 4.69) is 16.8 Å². The maximum absolute atomic E-state index is 12.5. The minimum Gasteiger partial charge on any atom is -0.334 e. The van der Waals surface area contributed by atoms with Crippen molar-refractivity contribution in [3.05, 3.63) is 22.4 Å². The first-order valence-electron chi connectivity index (χ1n) is 6.30. The zero-order valence-electron chi connectivity index (χ0n) is 9.89. The molecule has 2 N–H and O–H groups in total. The Hall–Kier alpha value is -0.870. The van der Waals surface area contributed by atoms with Gasteiger partial charge in [0.25, 0.3) is 0 Å². The first-order chi connectivity index (χ1) is 8.19. The van der Waals surface area contributed by atoms with Gasteiger partial charge in [0, 0.05) is 12.6 Å². The summed E-state index contributed by atoms with van der Waals surface area (Å²) in [5, 5.41) is 4.18. The van der Waals surface area contributed by atoms with Crippen LogP contribution in [0.15, 0.2) is 16.8 Å². The highest BCUT2D eigenvalue weighted by atomic mass is 32.1. The summed E-state index contributed by atoms with van der Waals surface area (Å²) >= 11 is 1.68. The number of nitrogens with two attached hydrogens (primary N) is 1. The van der Waals surface area contributed by atoms with Gasteiger partial charge in [-0.3, -0.25) is 4.79 Å². The second-order valence-corrected chi connectivity index (χ2v) is 6.09. The molecular formula is C13H18N2OS. The lowest BCUT2D eigenvalue weighted by Crippen LogP contribution is -2.59. The highest BCUT2D eigenvalue weighted by Gasteiger charge is 2.46. The highest BCUT2D eigenvalue weighted by molar-refractivity contribution is 7.07. The molecule has 0 aromatic carbocycles. The molecule has 0 atom stereocenters. The summed E-state index contributed by atoms with van der Waals surface area (Å²) in [6.45, 7) is 0.742. The fourth-order valence-electron chi connectivity index (χ4n) is 2.39. The van der Waals surface area contributed by atoms with Crippen LogP contribution in [0.3, 0.4) is 0 Å². The van der Waals surface area contributed by atoms with Crippen molar-refractivity contribution in [2.75, 3.05) is 0 Å². The molecule has 0 bridgehead atoms. The Labute approximate surface area is 106 Å². The Kier molecular flexibility index (Phi) is 2.71. The molecule has 1 aromatic rings. The van der Waals surface area contributed by atoms with Crippen LogP contribution < -0.4 is 5.73 Å². The van der Waals surface area contributed by atoms with Gasteiger partial charge in [0.1, 0.15) is 0 Å². The number of amides is 1. The van der Waals surface area contributed by atoms with E-state index in [1.165, 1.54) is 5.56 Å². The number of hydrogen-bond acceptors (Lipinski definition) is 3. The van der Waals surface area contributed by atoms with Crippen LogP contribution in [-0.4, -0.2) is 22.4 Å². The third kappa shape index (κ3) is 2.11. The Morgan fingerprint density at radius 2 is 2.29 bits per heavy atom. The van der Waals surface area contributed by atoms with Gasteiger partial charge in [-0.25, -0.2) is 0 Å². The Bertz CT molecular complexity index is 407. The van der Waals surface area contributed by atoms with Gasteiger partial charge in [0.2, 0.25) is 5.91 Å². The van der Waals surface area contributed by atoms with Gasteiger partial charge in [0.15, 0.2) is 0 Å². The van der Waals surface area contributed by atoms with Crippen molar-refractivity contribution < 1.29 is 4.79 Å². The van der Waals surface area contributed by atoms with Crippen molar-refractivity contribution in [1.29, 1.82) is 0 Å². The molecule has 0 aliphatic heterocycles. The molecule has 2 aliphatic carbocycles. The zero-order valence-corrected chi connectivity index (χ0v) is 10.7. The van der Waals surface area contributed by atoms with Crippen LogP contribution in [0.4, 0.5) is 0 Å². The van der Waals surface area contributed by atoms with Crippen molar-refractivity contribution in [2.45, 2.75) is 50.2 Å². The van der Waals surface area contributed by atoms with E-state index in [1.54, 1.807) is 11.3 Å². The SMILES string of the molecule is NC1(C(=O)N(Cc2ccsc2)C2CC2)CCC1. The van der Waals surface area contributed by atoms with Crippen molar-refractivity contribution in [1.82, 2.24) is 4.90 Å². The monoisotopic (exact) mass is 250 g/mol. The molecule has 17 heavy (non-hydrogen) atoms. The first kappa shape index (κ1) is 11.2. The maximum Gasteiger partial charge on any atom is 0.243 e. The van der Waals surface area contributed by atoms with E-state index < -0.39 is 5.54 Å². The molecule has 0 saturated heterocycles. The molecule has 2 aliphatic rings. The summed E-state index contributed by atoms with van der Waals surface area (Å²) in [7, 11) is 0. The van der Waals surface area contributed by atoms with Gasteiger partial charge < -0.3 is 10.6 Å². The van der Waals surface area contributed by atoms with E-state index >= 15 is 0 Å². The number of hydrogen-bond donors (Lipinski definition) is 1. The molecule has 92 valence electrons. The van der Waals surface area contributed by atoms with E-state index in [0.29, 0.717) is 6.04 Å². The van der Waals surface area contributed by atoms with E-state index in [-0.39, 0.29) is 5.91 Å². The van der Waals surface area contributed by atoms with Crippen molar-refractivity contribution >= 4 is 17.2 Å². The smallest absolute Gasteiger partial charge is 0.243 e. The number of carbonyl (C=O) groups is 1. The molecule has 0 spiro atoms. The quantitative estimate of drug-likeness (QED) is 0.889. The Morgan fingerprint density at radius 3 is 2.76 bits per heavy atom. The fourth-order valence-corrected chi connectivity index (χ4v) is 3.05. The van der Waals surface area contributed by atoms with Gasteiger partial charge in [0.05, 0.1) is 5.54 Å². The lowest BCUT2D eigenvalue weighted by molar-refractivity contribution is -0.141. The third-order valence-electron chi connectivity index (χ3n) is 3.85. The van der Waals surface area contributed by atoms with Crippen LogP contribution in [-0.2, 0) is 11.3 Å². The summed E-state index contributed by atoms with van der Waals surface area (Å²) in [5.41, 5.74) is 6.84. The van der Waals surface area contributed by atoms with E-state index in [4.69, 9.17) is 5.73 Å². The van der Waals surface area contributed by atoms with E-state index in [1.807, 2.05) is 4.90 Å². The van der Waals surface area contributed by atoms with Gasteiger partial charge in [-0.05, 0) is 54.5 Å². The topological polar surface area (TPSA) is 46.3 Å². The van der Waals surface area contributed by atoms with Crippen molar-refractivity contribution in [3.8, 4) is 0 Å². The summed E-state index contributed by atoms with van der Waals surface area (Å²) in [6, 6.07) is 2.54. The Morgan fingerprint density at radius 1 is 1.53 bits per heavy atom. The molecule has 2 fully saturated rings. The molecule has 3 nitrogen and oxygen atoms in total. The molecular weight excluding hydrogens is 232 g/mol. The second-order valence-electron chi connectivity index (χ2n) is 5.31. The van der Waals surface area contributed by atoms with Crippen LogP contribution in [0.25, 0.3) is 0 Å². The number of carbonyl (C=O) groups excluding carboxylic acids is 1. The van der Waals surface area contributed by atoms with E-state index in [9.17, 15) is 4.79 Å². The summed E-state index contributed by atoms with van der Waals surface area (Å²) in [4.78, 5) is 14.5. The molecule has 1 amide bonds. The predicted octanol–water partition coefficient (Wildman–Crippen LogP) is 2.12. The van der Waals surface area contributed by atoms with Crippen LogP contribution >= 0.6 is 11.3 Å². The Balaban J connectivity index is 1.73. The zero-order chi connectivity index (χ0) is 11.9. The number of thiophene rings is 1. The normalized spacial score (nSPS) is 21.9. The lowest BCUT2D eigenvalue weighted by Gasteiger charge is -2.40. The average molecular weight is 250 g/mol. The summed E-state index contributed by atoms with van der Waals surface area (Å²) in [5.74, 6) is 0.178. The molecule has 4 heteroatoms. The number of nitrogens with zero attached hydrogens (tertiary/aromatic N) is 1. The predicted molar refractivity (Wildman–Crippen MR) is 68.7 cm³/mol. The lowest BCUT2D eigenvalue weighted by atomic mass is 9.76. The minimum atomic E-state index is -0.543. The molecule has 3 rings (SSSR count). The van der Waals surface area contributed by atoms with Gasteiger partial charge in [-0.15, -0.1) is 0 Å². The van der Waals surface area contributed by atoms with Crippen molar-refractivity contribution in [3.63, 3.8) is 0 Å². The number of rotatable bonds is 4. The average Bonchev–Trinajstić information content (AvgIpc) is 2.99. The van der Waals surface area contributed by atoms with E-state index in [0.717, 1.165) is 38.6 Å². The van der Waals surface area contributed by atoms with Crippen molar-refractivity contribution in [2.24, 2.45) is 5.73 Å². The first-order valence-corrected chi connectivity index (χ1v) is 7.24. The third-order valence-corrected chi connectivity index (χ3v) is 4.59. The summed E-state index contributed by atoms with van der Waals surface area (Å²) in [6.07, 6.45) is 5.11. The molecule has 0 unspecified atom stereocenters. The fraction of sp³-hybridized carbons (Fsp3) is 0.615. The van der Waals surface area contributed by atoms with Crippen LogP contribution in [0.2, 0.25) is 0 Å². The second kappa shape index (κ2) is 4.10. The molecule has 1 heterocycles. The van der Waals surface area contributed by atoms with Gasteiger partial charge in [-0.2, -0.15) is 11.3 Å². The van der Waals surface area contributed by atoms with Crippen LogP contribution in [0, 0.1) is 0 Å². The largest absolute Gasteiger partial charge is 0.334 e. The molecule has 0 radical (unpaired) electrons. The highest BCUT2D eigenvalue weighted by Crippen LogP contribution is 2.36. The minimum absolute atomic E-state index is 0.178. The maximum atomic E-state index is 12.5. The van der Waals surface area contributed by atoms with Crippen LogP contribution in [0.5, 0.6) is 0 Å². The molecule has 1 aromatic heterocycles.